The number of halogens is 1. The number of carbonyl (C=O) groups is 2. The predicted molar refractivity (Wildman–Crippen MR) is 106 cm³/mol. The summed E-state index contributed by atoms with van der Waals surface area (Å²) in [5, 5.41) is 9.84. The number of rotatable bonds is 5. The summed E-state index contributed by atoms with van der Waals surface area (Å²) in [6, 6.07) is 0.540. The molecular weight excluding hydrogens is 350 g/mol. The van der Waals surface area contributed by atoms with Gasteiger partial charge in [-0.2, -0.15) is 0 Å². The van der Waals surface area contributed by atoms with Gasteiger partial charge in [-0.1, -0.05) is 19.8 Å². The van der Waals surface area contributed by atoms with Crippen LogP contribution >= 0.6 is 12.4 Å². The number of hydrogen-bond acceptors (Lipinski definition) is 3. The molecule has 1 saturated heterocycles. The molecule has 2 aliphatic carbocycles. The Bertz CT molecular complexity index is 460. The molecule has 0 aromatic heterocycles. The van der Waals surface area contributed by atoms with Gasteiger partial charge in [0.1, 0.15) is 0 Å². The van der Waals surface area contributed by atoms with Gasteiger partial charge in [0.2, 0.25) is 11.8 Å². The third-order valence-electron chi connectivity index (χ3n) is 6.57. The van der Waals surface area contributed by atoms with E-state index in [-0.39, 0.29) is 42.2 Å². The molecule has 2 saturated carbocycles. The Morgan fingerprint density at radius 3 is 2.31 bits per heavy atom. The van der Waals surface area contributed by atoms with Crippen LogP contribution in [0.1, 0.15) is 71.1 Å². The van der Waals surface area contributed by atoms with Crippen LogP contribution in [0.5, 0.6) is 0 Å². The number of hydrogen-bond donors (Lipinski definition) is 3. The molecule has 2 unspecified atom stereocenters. The summed E-state index contributed by atoms with van der Waals surface area (Å²) < 4.78 is 0. The van der Waals surface area contributed by atoms with Gasteiger partial charge in [0.15, 0.2) is 0 Å². The Morgan fingerprint density at radius 1 is 0.962 bits per heavy atom. The topological polar surface area (TPSA) is 70.2 Å². The molecule has 0 aromatic carbocycles. The van der Waals surface area contributed by atoms with E-state index in [1.54, 1.807) is 0 Å². The molecule has 0 aromatic rings. The van der Waals surface area contributed by atoms with Crippen molar-refractivity contribution in [1.82, 2.24) is 16.0 Å². The molecule has 2 atom stereocenters. The largest absolute Gasteiger partial charge is 0.353 e. The van der Waals surface area contributed by atoms with Crippen molar-refractivity contribution in [3.63, 3.8) is 0 Å². The van der Waals surface area contributed by atoms with Crippen LogP contribution in [0.15, 0.2) is 0 Å². The maximum absolute atomic E-state index is 12.5. The molecule has 2 amide bonds. The van der Waals surface area contributed by atoms with Crippen LogP contribution in [0.25, 0.3) is 0 Å². The molecule has 5 nitrogen and oxygen atoms in total. The highest BCUT2D eigenvalue weighted by molar-refractivity contribution is 5.85. The first-order chi connectivity index (χ1) is 12.1. The number of nitrogens with one attached hydrogen (secondary N) is 3. The van der Waals surface area contributed by atoms with Gasteiger partial charge >= 0.3 is 0 Å². The second-order valence-corrected chi connectivity index (χ2v) is 8.56. The second kappa shape index (κ2) is 10.5. The van der Waals surface area contributed by atoms with E-state index in [9.17, 15) is 9.59 Å². The van der Waals surface area contributed by atoms with E-state index >= 15 is 0 Å². The SMILES string of the molecule is CC1CCNCC1NC(=O)C1CCC(NC(=O)CC2CCCC2)CC1.Cl. The zero-order valence-electron chi connectivity index (χ0n) is 16.1. The monoisotopic (exact) mass is 385 g/mol. The van der Waals surface area contributed by atoms with Gasteiger partial charge in [-0.25, -0.2) is 0 Å². The summed E-state index contributed by atoms with van der Waals surface area (Å²) in [6.45, 7) is 4.17. The van der Waals surface area contributed by atoms with Gasteiger partial charge in [0.25, 0.3) is 0 Å². The summed E-state index contributed by atoms with van der Waals surface area (Å²) in [5.74, 6) is 1.72. The average molecular weight is 386 g/mol. The van der Waals surface area contributed by atoms with Crippen LogP contribution < -0.4 is 16.0 Å². The fraction of sp³-hybridized carbons (Fsp3) is 0.900. The molecule has 6 heteroatoms. The molecule has 1 heterocycles. The average Bonchev–Trinajstić information content (AvgIpc) is 3.10. The minimum atomic E-state index is 0. The minimum Gasteiger partial charge on any atom is -0.353 e. The van der Waals surface area contributed by atoms with E-state index in [0.717, 1.165) is 45.2 Å². The number of piperidine rings is 1. The summed E-state index contributed by atoms with van der Waals surface area (Å²) >= 11 is 0. The molecule has 150 valence electrons. The highest BCUT2D eigenvalue weighted by Gasteiger charge is 2.30. The molecule has 0 radical (unpaired) electrons. The zero-order valence-corrected chi connectivity index (χ0v) is 16.9. The summed E-state index contributed by atoms with van der Waals surface area (Å²) in [6.07, 6.45) is 10.5. The van der Waals surface area contributed by atoms with Crippen molar-refractivity contribution in [2.45, 2.75) is 83.2 Å². The first-order valence-electron chi connectivity index (χ1n) is 10.4. The Morgan fingerprint density at radius 2 is 1.65 bits per heavy atom. The van der Waals surface area contributed by atoms with Crippen LogP contribution in [-0.4, -0.2) is 37.0 Å². The lowest BCUT2D eigenvalue weighted by molar-refractivity contribution is -0.127. The number of carbonyl (C=O) groups excluding carboxylic acids is 2. The number of amides is 2. The minimum absolute atomic E-state index is 0. The van der Waals surface area contributed by atoms with Gasteiger partial charge in [0.05, 0.1) is 0 Å². The molecule has 3 aliphatic rings. The van der Waals surface area contributed by atoms with Crippen LogP contribution in [0.4, 0.5) is 0 Å². The molecule has 26 heavy (non-hydrogen) atoms. The standard InChI is InChI=1S/C20H35N3O2.ClH/c1-14-10-11-21-13-18(14)23-20(25)16-6-8-17(9-7-16)22-19(24)12-15-4-2-3-5-15;/h14-18,21H,2-13H2,1H3,(H,22,24)(H,23,25);1H. The van der Waals surface area contributed by atoms with Crippen molar-refractivity contribution in [3.8, 4) is 0 Å². The van der Waals surface area contributed by atoms with Gasteiger partial charge in [0, 0.05) is 31.0 Å². The quantitative estimate of drug-likeness (QED) is 0.681. The Labute approximate surface area is 164 Å². The normalized spacial score (nSPS) is 32.5. The molecule has 3 fully saturated rings. The molecule has 1 aliphatic heterocycles. The van der Waals surface area contributed by atoms with Crippen LogP contribution in [0, 0.1) is 17.8 Å². The van der Waals surface area contributed by atoms with Crippen molar-refractivity contribution in [2.24, 2.45) is 17.8 Å². The van der Waals surface area contributed by atoms with Crippen LogP contribution in [0.2, 0.25) is 0 Å². The third kappa shape index (κ3) is 6.12. The Balaban J connectivity index is 0.00000243. The maximum Gasteiger partial charge on any atom is 0.223 e. The molecule has 0 bridgehead atoms. The highest BCUT2D eigenvalue weighted by Crippen LogP contribution is 2.28. The van der Waals surface area contributed by atoms with Crippen molar-refractivity contribution in [3.05, 3.63) is 0 Å². The van der Waals surface area contributed by atoms with E-state index in [0.29, 0.717) is 18.3 Å². The molecule has 3 rings (SSSR count). The summed E-state index contributed by atoms with van der Waals surface area (Å²) in [5.41, 5.74) is 0. The van der Waals surface area contributed by atoms with Crippen LogP contribution in [0.3, 0.4) is 0 Å². The lowest BCUT2D eigenvalue weighted by Gasteiger charge is -2.33. The van der Waals surface area contributed by atoms with Gasteiger partial charge in [-0.15, -0.1) is 12.4 Å². The van der Waals surface area contributed by atoms with E-state index in [1.807, 2.05) is 0 Å². The molecule has 0 spiro atoms. The lowest BCUT2D eigenvalue weighted by Crippen LogP contribution is -2.52. The predicted octanol–water partition coefficient (Wildman–Crippen LogP) is 2.78. The van der Waals surface area contributed by atoms with E-state index < -0.39 is 0 Å². The molecular formula is C20H36ClN3O2. The smallest absolute Gasteiger partial charge is 0.223 e. The fourth-order valence-corrected chi connectivity index (χ4v) is 4.75. The summed E-state index contributed by atoms with van der Waals surface area (Å²) in [4.78, 5) is 24.7. The van der Waals surface area contributed by atoms with Gasteiger partial charge in [-0.3, -0.25) is 9.59 Å². The third-order valence-corrected chi connectivity index (χ3v) is 6.57. The van der Waals surface area contributed by atoms with E-state index in [4.69, 9.17) is 0 Å². The van der Waals surface area contributed by atoms with Gasteiger partial charge < -0.3 is 16.0 Å². The van der Waals surface area contributed by atoms with Crippen molar-refractivity contribution in [2.75, 3.05) is 13.1 Å². The summed E-state index contributed by atoms with van der Waals surface area (Å²) in [7, 11) is 0. The van der Waals surface area contributed by atoms with Crippen LogP contribution in [-0.2, 0) is 9.59 Å². The first-order valence-corrected chi connectivity index (χ1v) is 10.4. The van der Waals surface area contributed by atoms with Gasteiger partial charge in [-0.05, 0) is 63.3 Å². The fourth-order valence-electron chi connectivity index (χ4n) is 4.75. The Hall–Kier alpha value is -0.810. The van der Waals surface area contributed by atoms with E-state index in [2.05, 4.69) is 22.9 Å². The van der Waals surface area contributed by atoms with Crippen molar-refractivity contribution >= 4 is 24.2 Å². The first kappa shape index (κ1) is 21.5. The van der Waals surface area contributed by atoms with Crippen molar-refractivity contribution < 1.29 is 9.59 Å². The zero-order chi connectivity index (χ0) is 17.6. The molecule has 3 N–H and O–H groups in total. The highest BCUT2D eigenvalue weighted by atomic mass is 35.5. The lowest BCUT2D eigenvalue weighted by atomic mass is 9.84. The van der Waals surface area contributed by atoms with Crippen molar-refractivity contribution in [1.29, 1.82) is 0 Å². The van der Waals surface area contributed by atoms with E-state index in [1.165, 1.54) is 25.7 Å². The Kier molecular flexibility index (Phi) is 8.68. The second-order valence-electron chi connectivity index (χ2n) is 8.56. The maximum atomic E-state index is 12.5.